The second-order valence-electron chi connectivity index (χ2n) is 0.801. The van der Waals surface area contributed by atoms with Crippen LogP contribution in [0.25, 0.3) is 0 Å². The number of nitrogens with two attached hydrogens (primary N) is 1. The van der Waals surface area contributed by atoms with E-state index in [1.165, 1.54) is 0 Å². The van der Waals surface area contributed by atoms with Crippen LogP contribution in [0.2, 0.25) is 0 Å². The molecule has 4 heteroatoms. The standard InChI is InChI=1S/C3H5IN2S/c4-1-2-6-3(5)7/h1-2H,(H3,5,6,7)/b2-1-. The quantitative estimate of drug-likeness (QED) is 0.513. The van der Waals surface area contributed by atoms with Gasteiger partial charge in [-0.2, -0.15) is 0 Å². The van der Waals surface area contributed by atoms with E-state index in [2.05, 4.69) is 40.1 Å². The lowest BCUT2D eigenvalue weighted by Crippen LogP contribution is -2.23. The second kappa shape index (κ2) is 4.32. The maximum atomic E-state index is 5.04. The highest BCUT2D eigenvalue weighted by molar-refractivity contribution is 14.1. The van der Waals surface area contributed by atoms with Crippen molar-refractivity contribution in [2.45, 2.75) is 0 Å². The first-order chi connectivity index (χ1) is 3.27. The molecule has 0 fully saturated rings. The van der Waals surface area contributed by atoms with Gasteiger partial charge in [-0.25, -0.2) is 0 Å². The molecule has 0 saturated heterocycles. The van der Waals surface area contributed by atoms with Gasteiger partial charge in [0, 0.05) is 6.20 Å². The topological polar surface area (TPSA) is 38.0 Å². The molecule has 0 bridgehead atoms. The first-order valence-corrected chi connectivity index (χ1v) is 3.24. The van der Waals surface area contributed by atoms with Crippen LogP contribution in [-0.2, 0) is 0 Å². The molecular formula is C3H5IN2S. The molecule has 0 unspecified atom stereocenters. The van der Waals surface area contributed by atoms with E-state index in [4.69, 9.17) is 5.73 Å². The summed E-state index contributed by atoms with van der Waals surface area (Å²) in [5.41, 5.74) is 5.04. The van der Waals surface area contributed by atoms with Gasteiger partial charge in [0.15, 0.2) is 5.11 Å². The van der Waals surface area contributed by atoms with Crippen molar-refractivity contribution in [2.75, 3.05) is 0 Å². The molecule has 40 valence electrons. The monoisotopic (exact) mass is 228 g/mol. The fraction of sp³-hybridized carbons (Fsp3) is 0. The second-order valence-corrected chi connectivity index (χ2v) is 1.96. The minimum Gasteiger partial charge on any atom is -0.376 e. The van der Waals surface area contributed by atoms with Crippen molar-refractivity contribution in [3.63, 3.8) is 0 Å². The van der Waals surface area contributed by atoms with Crippen LogP contribution in [0.5, 0.6) is 0 Å². The zero-order valence-corrected chi connectivity index (χ0v) is 6.49. The molecule has 0 radical (unpaired) electrons. The summed E-state index contributed by atoms with van der Waals surface area (Å²) in [6, 6.07) is 0. The van der Waals surface area contributed by atoms with E-state index in [0.29, 0.717) is 5.11 Å². The van der Waals surface area contributed by atoms with Crippen LogP contribution in [0.1, 0.15) is 0 Å². The van der Waals surface area contributed by atoms with Gasteiger partial charge in [0.1, 0.15) is 0 Å². The summed E-state index contributed by atoms with van der Waals surface area (Å²) in [5, 5.41) is 2.92. The van der Waals surface area contributed by atoms with Gasteiger partial charge in [-0.15, -0.1) is 0 Å². The molecule has 0 heterocycles. The predicted molar refractivity (Wildman–Crippen MR) is 43.1 cm³/mol. The van der Waals surface area contributed by atoms with Gasteiger partial charge < -0.3 is 11.1 Å². The average molecular weight is 228 g/mol. The molecule has 2 nitrogen and oxygen atoms in total. The Morgan fingerprint density at radius 3 is 2.57 bits per heavy atom. The van der Waals surface area contributed by atoms with E-state index < -0.39 is 0 Å². The summed E-state index contributed by atoms with van der Waals surface area (Å²) in [7, 11) is 0. The van der Waals surface area contributed by atoms with Crippen LogP contribution in [0.4, 0.5) is 0 Å². The van der Waals surface area contributed by atoms with Gasteiger partial charge in [-0.1, -0.05) is 22.6 Å². The SMILES string of the molecule is NC(=S)N/C=C\I. The third-order valence-electron chi connectivity index (χ3n) is 0.289. The Balaban J connectivity index is 3.14. The van der Waals surface area contributed by atoms with Crippen molar-refractivity contribution in [3.05, 3.63) is 10.3 Å². The lowest BCUT2D eigenvalue weighted by atomic mass is 10.9. The van der Waals surface area contributed by atoms with E-state index in [1.807, 2.05) is 0 Å². The lowest BCUT2D eigenvalue weighted by Gasteiger charge is -1.89. The maximum absolute atomic E-state index is 5.04. The number of hydrogen-bond acceptors (Lipinski definition) is 1. The van der Waals surface area contributed by atoms with Gasteiger partial charge in [-0.3, -0.25) is 0 Å². The van der Waals surface area contributed by atoms with Gasteiger partial charge in [-0.05, 0) is 16.3 Å². The third kappa shape index (κ3) is 6.16. The zero-order valence-electron chi connectivity index (χ0n) is 3.52. The Morgan fingerprint density at radius 1 is 1.86 bits per heavy atom. The van der Waals surface area contributed by atoms with E-state index in [9.17, 15) is 0 Å². The molecule has 0 atom stereocenters. The highest BCUT2D eigenvalue weighted by Gasteiger charge is 1.72. The van der Waals surface area contributed by atoms with Gasteiger partial charge in [0.05, 0.1) is 0 Å². The highest BCUT2D eigenvalue weighted by atomic mass is 127. The minimum atomic E-state index is 0.299. The van der Waals surface area contributed by atoms with Crippen molar-refractivity contribution in [1.82, 2.24) is 5.32 Å². The van der Waals surface area contributed by atoms with Crippen molar-refractivity contribution in [2.24, 2.45) is 5.73 Å². The fourth-order valence-electron chi connectivity index (χ4n) is 0.114. The highest BCUT2D eigenvalue weighted by Crippen LogP contribution is 1.77. The molecule has 0 rings (SSSR count). The number of thiocarbonyl (C=S) groups is 1. The van der Waals surface area contributed by atoms with Crippen LogP contribution in [-0.4, -0.2) is 5.11 Å². The summed E-state index contributed by atoms with van der Waals surface area (Å²) >= 11 is 6.54. The van der Waals surface area contributed by atoms with Crippen LogP contribution in [0.3, 0.4) is 0 Å². The Kier molecular flexibility index (Phi) is 4.42. The molecule has 0 aliphatic heterocycles. The molecule has 0 aliphatic rings. The Bertz CT molecular complexity index is 90.9. The van der Waals surface area contributed by atoms with Crippen LogP contribution < -0.4 is 11.1 Å². The molecule has 3 N–H and O–H groups in total. The van der Waals surface area contributed by atoms with E-state index >= 15 is 0 Å². The van der Waals surface area contributed by atoms with Crippen LogP contribution in [0, 0.1) is 0 Å². The first kappa shape index (κ1) is 7.16. The first-order valence-electron chi connectivity index (χ1n) is 1.58. The molecule has 0 amide bonds. The summed E-state index contributed by atoms with van der Waals surface area (Å²) in [5.74, 6) is 0. The summed E-state index contributed by atoms with van der Waals surface area (Å²) in [6.07, 6.45) is 1.67. The molecule has 7 heavy (non-hydrogen) atoms. The van der Waals surface area contributed by atoms with E-state index in [-0.39, 0.29) is 0 Å². The number of halogens is 1. The number of hydrogen-bond donors (Lipinski definition) is 2. The largest absolute Gasteiger partial charge is 0.376 e. The van der Waals surface area contributed by atoms with Crippen LogP contribution in [0.15, 0.2) is 10.3 Å². The molecular weight excluding hydrogens is 223 g/mol. The molecule has 0 saturated carbocycles. The van der Waals surface area contributed by atoms with Crippen molar-refractivity contribution < 1.29 is 0 Å². The molecule has 0 aromatic carbocycles. The fourth-order valence-corrected chi connectivity index (χ4v) is 0.361. The Hall–Kier alpha value is 0.160. The molecule has 0 spiro atoms. The van der Waals surface area contributed by atoms with Crippen LogP contribution >= 0.6 is 34.8 Å². The summed E-state index contributed by atoms with van der Waals surface area (Å²) < 4.78 is 1.79. The Labute approximate surface area is 61.3 Å². The molecule has 0 aromatic heterocycles. The normalized spacial score (nSPS) is 9.29. The maximum Gasteiger partial charge on any atom is 0.167 e. The lowest BCUT2D eigenvalue weighted by molar-refractivity contribution is 1.29. The smallest absolute Gasteiger partial charge is 0.167 e. The van der Waals surface area contributed by atoms with Gasteiger partial charge >= 0.3 is 0 Å². The zero-order chi connectivity index (χ0) is 5.70. The average Bonchev–Trinajstić information content (AvgIpc) is 1.61. The predicted octanol–water partition coefficient (Wildman–Crippen LogP) is 0.726. The molecule has 0 aliphatic carbocycles. The number of rotatable bonds is 1. The Morgan fingerprint density at radius 2 is 2.43 bits per heavy atom. The van der Waals surface area contributed by atoms with E-state index in [1.54, 1.807) is 10.3 Å². The van der Waals surface area contributed by atoms with Gasteiger partial charge in [0.25, 0.3) is 0 Å². The van der Waals surface area contributed by atoms with Crippen molar-refractivity contribution >= 4 is 39.9 Å². The van der Waals surface area contributed by atoms with Gasteiger partial charge in [0.2, 0.25) is 0 Å². The summed E-state index contributed by atoms with van der Waals surface area (Å²) in [4.78, 5) is 0. The molecule has 0 aromatic rings. The number of nitrogens with one attached hydrogen (secondary N) is 1. The summed E-state index contributed by atoms with van der Waals surface area (Å²) in [6.45, 7) is 0. The van der Waals surface area contributed by atoms with Crippen molar-refractivity contribution in [1.29, 1.82) is 0 Å². The third-order valence-corrected chi connectivity index (χ3v) is 0.766. The van der Waals surface area contributed by atoms with Crippen molar-refractivity contribution in [3.8, 4) is 0 Å². The van der Waals surface area contributed by atoms with E-state index in [0.717, 1.165) is 0 Å². The minimum absolute atomic E-state index is 0.299.